The molecule has 2 aliphatic heterocycles. The fraction of sp³-hybridized carbons (Fsp3) is 0.440. The zero-order valence-corrected chi connectivity index (χ0v) is 18.8. The van der Waals surface area contributed by atoms with Crippen LogP contribution in [0.15, 0.2) is 42.5 Å². The molecule has 168 valence electrons. The first-order valence-electron chi connectivity index (χ1n) is 11.5. The Balaban J connectivity index is 1.20. The highest BCUT2D eigenvalue weighted by molar-refractivity contribution is 6.31. The molecular weight excluding hydrogens is 426 g/mol. The van der Waals surface area contributed by atoms with Crippen LogP contribution in [0.4, 0.5) is 10.5 Å². The Morgan fingerprint density at radius 3 is 2.69 bits per heavy atom. The summed E-state index contributed by atoms with van der Waals surface area (Å²) in [6.45, 7) is 2.10. The summed E-state index contributed by atoms with van der Waals surface area (Å²) in [5, 5.41) is 3.86. The SMILES string of the molecule is O=C(N[C@@H]1CCCc2ccccc21)C1CCN(C(=O)N2CCOc3ccc(Cl)cc32)CC1. The zero-order valence-electron chi connectivity index (χ0n) is 18.1. The third-order valence-corrected chi connectivity index (χ3v) is 7.07. The number of halogens is 1. The number of hydrogen-bond acceptors (Lipinski definition) is 3. The van der Waals surface area contributed by atoms with Crippen molar-refractivity contribution in [2.24, 2.45) is 5.92 Å². The Morgan fingerprint density at radius 1 is 1.03 bits per heavy atom. The molecular formula is C25H28ClN3O3. The van der Waals surface area contributed by atoms with Crippen LogP contribution in [0.2, 0.25) is 5.02 Å². The van der Waals surface area contributed by atoms with Crippen LogP contribution in [0, 0.1) is 5.92 Å². The number of benzene rings is 2. The minimum Gasteiger partial charge on any atom is -0.490 e. The van der Waals surface area contributed by atoms with Gasteiger partial charge in [-0.05, 0) is 61.4 Å². The Hall–Kier alpha value is -2.73. The minimum absolute atomic E-state index is 0.0446. The first-order valence-corrected chi connectivity index (χ1v) is 11.8. The molecule has 1 fully saturated rings. The zero-order chi connectivity index (χ0) is 22.1. The Kier molecular flexibility index (Phi) is 5.96. The second-order valence-electron chi connectivity index (χ2n) is 8.81. The standard InChI is InChI=1S/C25H28ClN3O3/c26-19-8-9-23-22(16-19)29(14-15-32-23)25(31)28-12-10-18(11-13-28)24(30)27-21-7-3-5-17-4-1-2-6-20(17)21/h1-2,4,6,8-9,16,18,21H,3,5,7,10-15H2,(H,27,30)/t21-/m1/s1. The lowest BCUT2D eigenvalue weighted by atomic mass is 9.87. The van der Waals surface area contributed by atoms with Crippen LogP contribution in [0.5, 0.6) is 5.75 Å². The van der Waals surface area contributed by atoms with Gasteiger partial charge in [0.25, 0.3) is 0 Å². The Morgan fingerprint density at radius 2 is 1.84 bits per heavy atom. The fourth-order valence-electron chi connectivity index (χ4n) is 5.09. The van der Waals surface area contributed by atoms with Gasteiger partial charge in [-0.25, -0.2) is 4.79 Å². The summed E-state index contributed by atoms with van der Waals surface area (Å²) in [5.41, 5.74) is 3.31. The summed E-state index contributed by atoms with van der Waals surface area (Å²) in [5.74, 6) is 0.734. The molecule has 1 saturated heterocycles. The summed E-state index contributed by atoms with van der Waals surface area (Å²) < 4.78 is 5.67. The highest BCUT2D eigenvalue weighted by Crippen LogP contribution is 2.35. The smallest absolute Gasteiger partial charge is 0.324 e. The van der Waals surface area contributed by atoms with E-state index in [-0.39, 0.29) is 23.9 Å². The first-order chi connectivity index (χ1) is 15.6. The second kappa shape index (κ2) is 9.02. The summed E-state index contributed by atoms with van der Waals surface area (Å²) in [6.07, 6.45) is 4.52. The fourth-order valence-corrected chi connectivity index (χ4v) is 5.25. The number of hydrogen-bond donors (Lipinski definition) is 1. The molecule has 6 nitrogen and oxygen atoms in total. The van der Waals surface area contributed by atoms with E-state index in [9.17, 15) is 9.59 Å². The van der Waals surface area contributed by atoms with E-state index in [1.807, 2.05) is 11.0 Å². The van der Waals surface area contributed by atoms with Gasteiger partial charge in [-0.3, -0.25) is 9.69 Å². The van der Waals surface area contributed by atoms with E-state index in [2.05, 4.69) is 23.5 Å². The van der Waals surface area contributed by atoms with Gasteiger partial charge in [-0.1, -0.05) is 35.9 Å². The van der Waals surface area contributed by atoms with Gasteiger partial charge in [0, 0.05) is 24.0 Å². The second-order valence-corrected chi connectivity index (χ2v) is 9.24. The van der Waals surface area contributed by atoms with Crippen molar-refractivity contribution in [3.63, 3.8) is 0 Å². The van der Waals surface area contributed by atoms with Crippen LogP contribution < -0.4 is 15.0 Å². The molecule has 0 radical (unpaired) electrons. The number of anilines is 1. The number of carbonyl (C=O) groups is 2. The molecule has 1 atom stereocenters. The molecule has 2 aromatic rings. The largest absolute Gasteiger partial charge is 0.490 e. The molecule has 2 aromatic carbocycles. The number of piperidine rings is 1. The van der Waals surface area contributed by atoms with Crippen molar-refractivity contribution in [3.05, 3.63) is 58.6 Å². The maximum atomic E-state index is 13.2. The molecule has 1 N–H and O–H groups in total. The first kappa shape index (κ1) is 21.1. The van der Waals surface area contributed by atoms with Gasteiger partial charge in [0.05, 0.1) is 18.3 Å². The highest BCUT2D eigenvalue weighted by atomic mass is 35.5. The van der Waals surface area contributed by atoms with Gasteiger partial charge in [0.2, 0.25) is 5.91 Å². The van der Waals surface area contributed by atoms with E-state index < -0.39 is 0 Å². The lowest BCUT2D eigenvalue weighted by Crippen LogP contribution is -2.50. The molecule has 0 unspecified atom stereocenters. The molecule has 3 aliphatic rings. The predicted octanol–water partition coefficient (Wildman–Crippen LogP) is 4.56. The van der Waals surface area contributed by atoms with Crippen LogP contribution in [0.3, 0.4) is 0 Å². The van der Waals surface area contributed by atoms with Crippen LogP contribution in [-0.2, 0) is 11.2 Å². The van der Waals surface area contributed by atoms with Crippen molar-refractivity contribution in [3.8, 4) is 5.75 Å². The third-order valence-electron chi connectivity index (χ3n) is 6.84. The number of likely N-dealkylation sites (tertiary alicyclic amines) is 1. The van der Waals surface area contributed by atoms with Gasteiger partial charge in [0.1, 0.15) is 12.4 Å². The minimum atomic E-state index is -0.0560. The third kappa shape index (κ3) is 4.16. The molecule has 0 saturated carbocycles. The van der Waals surface area contributed by atoms with E-state index in [0.29, 0.717) is 55.5 Å². The van der Waals surface area contributed by atoms with Crippen molar-refractivity contribution >= 4 is 29.2 Å². The normalized spacial score (nSPS) is 20.7. The number of ether oxygens (including phenoxy) is 1. The molecule has 7 heteroatoms. The van der Waals surface area contributed by atoms with Crippen molar-refractivity contribution < 1.29 is 14.3 Å². The topological polar surface area (TPSA) is 61.9 Å². The van der Waals surface area contributed by atoms with E-state index in [1.165, 1.54) is 11.1 Å². The van der Waals surface area contributed by atoms with Crippen molar-refractivity contribution in [2.45, 2.75) is 38.1 Å². The molecule has 0 spiro atoms. The number of rotatable bonds is 2. The van der Waals surface area contributed by atoms with Crippen LogP contribution in [0.25, 0.3) is 0 Å². The monoisotopic (exact) mass is 453 g/mol. The summed E-state index contributed by atoms with van der Waals surface area (Å²) in [6, 6.07) is 13.8. The number of nitrogens with one attached hydrogen (secondary N) is 1. The average Bonchev–Trinajstić information content (AvgIpc) is 2.83. The average molecular weight is 454 g/mol. The van der Waals surface area contributed by atoms with Crippen molar-refractivity contribution in [1.82, 2.24) is 10.2 Å². The maximum Gasteiger partial charge on any atom is 0.324 e. The van der Waals surface area contributed by atoms with Crippen molar-refractivity contribution in [2.75, 3.05) is 31.1 Å². The summed E-state index contributed by atoms with van der Waals surface area (Å²) >= 11 is 6.15. The molecule has 5 rings (SSSR count). The van der Waals surface area contributed by atoms with Gasteiger partial charge >= 0.3 is 6.03 Å². The Labute approximate surface area is 193 Å². The van der Waals surface area contributed by atoms with Crippen LogP contribution in [-0.4, -0.2) is 43.1 Å². The lowest BCUT2D eigenvalue weighted by Gasteiger charge is -2.37. The molecule has 3 amide bonds. The molecule has 1 aliphatic carbocycles. The molecule has 0 aromatic heterocycles. The predicted molar refractivity (Wildman–Crippen MR) is 124 cm³/mol. The van der Waals surface area contributed by atoms with Crippen LogP contribution >= 0.6 is 11.6 Å². The van der Waals surface area contributed by atoms with E-state index in [4.69, 9.17) is 16.3 Å². The number of carbonyl (C=O) groups excluding carboxylic acids is 2. The number of aryl methyl sites for hydroxylation is 1. The van der Waals surface area contributed by atoms with E-state index in [0.717, 1.165) is 19.3 Å². The Bertz CT molecular complexity index is 1020. The molecule has 2 heterocycles. The molecule has 32 heavy (non-hydrogen) atoms. The van der Waals surface area contributed by atoms with Crippen molar-refractivity contribution in [1.29, 1.82) is 0 Å². The van der Waals surface area contributed by atoms with Gasteiger partial charge < -0.3 is 15.0 Å². The number of nitrogens with zero attached hydrogens (tertiary/aromatic N) is 2. The van der Waals surface area contributed by atoms with Gasteiger partial charge in [-0.2, -0.15) is 0 Å². The highest BCUT2D eigenvalue weighted by Gasteiger charge is 2.33. The number of amides is 3. The quantitative estimate of drug-likeness (QED) is 0.724. The van der Waals surface area contributed by atoms with E-state index in [1.54, 1.807) is 23.1 Å². The summed E-state index contributed by atoms with van der Waals surface area (Å²) in [7, 11) is 0. The number of urea groups is 1. The van der Waals surface area contributed by atoms with Gasteiger partial charge in [0.15, 0.2) is 0 Å². The lowest BCUT2D eigenvalue weighted by molar-refractivity contribution is -0.127. The maximum absolute atomic E-state index is 13.2. The molecule has 0 bridgehead atoms. The van der Waals surface area contributed by atoms with Crippen LogP contribution in [0.1, 0.15) is 42.9 Å². The summed E-state index contributed by atoms with van der Waals surface area (Å²) in [4.78, 5) is 29.8. The van der Waals surface area contributed by atoms with E-state index >= 15 is 0 Å². The number of fused-ring (bicyclic) bond motifs is 2. The van der Waals surface area contributed by atoms with Gasteiger partial charge in [-0.15, -0.1) is 0 Å².